The van der Waals surface area contributed by atoms with Crippen molar-refractivity contribution in [1.82, 2.24) is 0 Å². The number of carboxylic acid groups (broad SMARTS) is 1. The molecule has 0 bridgehead atoms. The normalized spacial score (nSPS) is 34.8. The Morgan fingerprint density at radius 1 is 1.78 bits per heavy atom. The lowest BCUT2D eigenvalue weighted by atomic mass is 10.1. The molecule has 0 aliphatic carbocycles. The predicted octanol–water partition coefficient (Wildman–Crippen LogP) is 0.200. The number of carboxylic acids is 1. The zero-order chi connectivity index (χ0) is 6.91. The van der Waals surface area contributed by atoms with Gasteiger partial charge in [-0.1, -0.05) is 0 Å². The molecule has 1 fully saturated rings. The highest BCUT2D eigenvalue weighted by molar-refractivity contribution is 5.77. The molecule has 0 spiro atoms. The number of hydrogen-bond donors (Lipinski definition) is 1. The van der Waals surface area contributed by atoms with Gasteiger partial charge in [0.25, 0.3) is 0 Å². The third kappa shape index (κ3) is 1.03. The monoisotopic (exact) mass is 134 g/mol. The third-order valence-corrected chi connectivity index (χ3v) is 1.36. The smallest absolute Gasteiger partial charge is 0.344 e. The summed E-state index contributed by atoms with van der Waals surface area (Å²) in [5.41, 5.74) is -2.11. The molecule has 1 N–H and O–H groups in total. The van der Waals surface area contributed by atoms with Crippen molar-refractivity contribution in [1.29, 1.82) is 0 Å². The molecule has 0 amide bonds. The number of carbonyl (C=O) groups is 1. The van der Waals surface area contributed by atoms with Crippen molar-refractivity contribution < 1.29 is 19.0 Å². The molecule has 0 radical (unpaired) electrons. The van der Waals surface area contributed by atoms with E-state index in [2.05, 4.69) is 4.74 Å². The Labute approximate surface area is 51.4 Å². The first-order valence-corrected chi connectivity index (χ1v) is 2.65. The van der Waals surface area contributed by atoms with Crippen LogP contribution in [-0.4, -0.2) is 30.0 Å². The minimum absolute atomic E-state index is 0.0255. The van der Waals surface area contributed by atoms with Gasteiger partial charge in [0.1, 0.15) is 0 Å². The maximum absolute atomic E-state index is 12.7. The number of aliphatic carboxylic acids is 1. The SMILES string of the molecule is O=C(O)C1(F)CCOC1. The quantitative estimate of drug-likeness (QED) is 0.557. The zero-order valence-electron chi connectivity index (χ0n) is 4.76. The van der Waals surface area contributed by atoms with E-state index in [1.165, 1.54) is 0 Å². The van der Waals surface area contributed by atoms with E-state index in [0.717, 1.165) is 0 Å². The van der Waals surface area contributed by atoms with Gasteiger partial charge >= 0.3 is 5.97 Å². The maximum atomic E-state index is 12.7. The van der Waals surface area contributed by atoms with Gasteiger partial charge in [-0.3, -0.25) is 0 Å². The van der Waals surface area contributed by atoms with Gasteiger partial charge in [0.2, 0.25) is 5.67 Å². The Morgan fingerprint density at radius 2 is 2.44 bits per heavy atom. The summed E-state index contributed by atoms with van der Waals surface area (Å²) >= 11 is 0. The molecule has 1 heterocycles. The maximum Gasteiger partial charge on any atom is 0.344 e. The van der Waals surface area contributed by atoms with Gasteiger partial charge in [0.05, 0.1) is 13.2 Å². The molecule has 0 saturated carbocycles. The number of alkyl halides is 1. The lowest BCUT2D eigenvalue weighted by molar-refractivity contribution is -0.150. The Kier molecular flexibility index (Phi) is 1.40. The summed E-state index contributed by atoms with van der Waals surface area (Å²) in [5, 5.41) is 8.22. The van der Waals surface area contributed by atoms with Crippen molar-refractivity contribution in [3.05, 3.63) is 0 Å². The standard InChI is InChI=1S/C5H7FO3/c6-5(4(7)8)1-2-9-3-5/h1-3H2,(H,7,8). The average Bonchev–Trinajstić information content (AvgIpc) is 2.16. The van der Waals surface area contributed by atoms with Crippen LogP contribution in [0.5, 0.6) is 0 Å². The molecule has 1 saturated heterocycles. The molecular formula is C5H7FO3. The fourth-order valence-corrected chi connectivity index (χ4v) is 0.709. The van der Waals surface area contributed by atoms with Crippen LogP contribution in [0.2, 0.25) is 0 Å². The van der Waals surface area contributed by atoms with E-state index in [4.69, 9.17) is 5.11 Å². The van der Waals surface area contributed by atoms with Crippen LogP contribution in [-0.2, 0) is 9.53 Å². The van der Waals surface area contributed by atoms with Crippen LogP contribution in [0.3, 0.4) is 0 Å². The van der Waals surface area contributed by atoms with Gasteiger partial charge in [-0.15, -0.1) is 0 Å². The topological polar surface area (TPSA) is 46.5 Å². The Morgan fingerprint density at radius 3 is 2.67 bits per heavy atom. The number of ether oxygens (including phenoxy) is 1. The van der Waals surface area contributed by atoms with Crippen LogP contribution in [0.15, 0.2) is 0 Å². The van der Waals surface area contributed by atoms with E-state index in [1.807, 2.05) is 0 Å². The Hall–Kier alpha value is -0.640. The third-order valence-electron chi connectivity index (χ3n) is 1.36. The summed E-state index contributed by atoms with van der Waals surface area (Å²) < 4.78 is 17.3. The largest absolute Gasteiger partial charge is 0.479 e. The average molecular weight is 134 g/mol. The first-order valence-electron chi connectivity index (χ1n) is 2.65. The molecule has 9 heavy (non-hydrogen) atoms. The van der Waals surface area contributed by atoms with Crippen molar-refractivity contribution in [2.24, 2.45) is 0 Å². The molecule has 1 unspecified atom stereocenters. The van der Waals surface area contributed by atoms with Gasteiger partial charge in [-0.05, 0) is 0 Å². The predicted molar refractivity (Wildman–Crippen MR) is 26.9 cm³/mol. The number of hydrogen-bond acceptors (Lipinski definition) is 2. The van der Waals surface area contributed by atoms with Crippen molar-refractivity contribution >= 4 is 5.97 Å². The van der Waals surface area contributed by atoms with E-state index >= 15 is 0 Å². The van der Waals surface area contributed by atoms with Crippen molar-refractivity contribution in [3.8, 4) is 0 Å². The summed E-state index contributed by atoms with van der Waals surface area (Å²) in [6, 6.07) is 0. The molecule has 3 nitrogen and oxygen atoms in total. The molecule has 1 rings (SSSR count). The summed E-state index contributed by atoms with van der Waals surface area (Å²) in [4.78, 5) is 10.1. The van der Waals surface area contributed by atoms with Crippen LogP contribution in [0.1, 0.15) is 6.42 Å². The van der Waals surface area contributed by atoms with E-state index in [0.29, 0.717) is 0 Å². The van der Waals surface area contributed by atoms with Gasteiger partial charge < -0.3 is 9.84 Å². The van der Waals surface area contributed by atoms with Gasteiger partial charge in [-0.2, -0.15) is 0 Å². The first kappa shape index (κ1) is 6.48. The van der Waals surface area contributed by atoms with Gasteiger partial charge in [-0.25, -0.2) is 9.18 Å². The van der Waals surface area contributed by atoms with E-state index in [9.17, 15) is 9.18 Å². The van der Waals surface area contributed by atoms with Crippen LogP contribution in [0.4, 0.5) is 4.39 Å². The molecule has 52 valence electrons. The summed E-state index contributed by atoms with van der Waals surface area (Å²) in [5.74, 6) is -1.42. The van der Waals surface area contributed by atoms with Gasteiger partial charge in [0.15, 0.2) is 0 Å². The first-order chi connectivity index (χ1) is 4.15. The van der Waals surface area contributed by atoms with E-state index in [1.54, 1.807) is 0 Å². The highest BCUT2D eigenvalue weighted by atomic mass is 19.1. The van der Waals surface area contributed by atoms with E-state index < -0.39 is 11.6 Å². The minimum atomic E-state index is -2.11. The molecule has 1 aliphatic rings. The lowest BCUT2D eigenvalue weighted by Crippen LogP contribution is -2.33. The lowest BCUT2D eigenvalue weighted by Gasteiger charge is -2.08. The Bertz CT molecular complexity index is 128. The van der Waals surface area contributed by atoms with Crippen molar-refractivity contribution in [2.75, 3.05) is 13.2 Å². The van der Waals surface area contributed by atoms with Crippen LogP contribution in [0, 0.1) is 0 Å². The molecule has 0 aromatic carbocycles. The fraction of sp³-hybridized carbons (Fsp3) is 0.800. The van der Waals surface area contributed by atoms with E-state index in [-0.39, 0.29) is 19.6 Å². The second kappa shape index (κ2) is 1.95. The fourth-order valence-electron chi connectivity index (χ4n) is 0.709. The van der Waals surface area contributed by atoms with Crippen molar-refractivity contribution in [2.45, 2.75) is 12.1 Å². The molecular weight excluding hydrogens is 127 g/mol. The Balaban J connectivity index is 2.61. The molecule has 1 atom stereocenters. The van der Waals surface area contributed by atoms with Gasteiger partial charge in [0, 0.05) is 6.42 Å². The summed E-state index contributed by atoms with van der Waals surface area (Å²) in [6.07, 6.45) is -0.0255. The van der Waals surface area contributed by atoms with Crippen molar-refractivity contribution in [3.63, 3.8) is 0 Å². The summed E-state index contributed by atoms with van der Waals surface area (Å²) in [6.45, 7) is -0.0921. The highest BCUT2D eigenvalue weighted by Gasteiger charge is 2.42. The molecule has 1 aliphatic heterocycles. The molecule has 4 heteroatoms. The number of halogens is 1. The second-order valence-corrected chi connectivity index (χ2v) is 2.07. The summed E-state index contributed by atoms with van der Waals surface area (Å²) in [7, 11) is 0. The van der Waals surface area contributed by atoms with Crippen LogP contribution >= 0.6 is 0 Å². The molecule has 0 aromatic rings. The molecule has 0 aromatic heterocycles. The second-order valence-electron chi connectivity index (χ2n) is 2.07. The number of rotatable bonds is 1. The minimum Gasteiger partial charge on any atom is -0.479 e. The van der Waals surface area contributed by atoms with Crippen LogP contribution < -0.4 is 0 Å². The zero-order valence-corrected chi connectivity index (χ0v) is 4.76. The highest BCUT2D eigenvalue weighted by Crippen LogP contribution is 2.22. The van der Waals surface area contributed by atoms with Crippen LogP contribution in [0.25, 0.3) is 0 Å².